The number of rotatable bonds is 12. The molecule has 7 atom stereocenters. The van der Waals surface area contributed by atoms with Crippen molar-refractivity contribution in [1.29, 1.82) is 0 Å². The normalized spacial score (nSPS) is 28.8. The van der Waals surface area contributed by atoms with Crippen LogP contribution in [0.3, 0.4) is 0 Å². The number of hydrogen-bond donors (Lipinski definition) is 1. The lowest BCUT2D eigenvalue weighted by molar-refractivity contribution is -0.197. The summed E-state index contributed by atoms with van der Waals surface area (Å²) in [7, 11) is -3.94. The van der Waals surface area contributed by atoms with Gasteiger partial charge in [0.15, 0.2) is 23.0 Å². The van der Waals surface area contributed by atoms with Gasteiger partial charge < -0.3 is 19.1 Å². The number of fused-ring (bicyclic) bond motifs is 3. The molecule has 3 heterocycles. The van der Waals surface area contributed by atoms with Gasteiger partial charge in [0.05, 0.1) is 42.2 Å². The Balaban J connectivity index is 1.37. The van der Waals surface area contributed by atoms with Crippen molar-refractivity contribution >= 4 is 44.4 Å². The first kappa shape index (κ1) is 44.3. The number of ketones is 1. The van der Waals surface area contributed by atoms with Crippen molar-refractivity contribution in [2.24, 2.45) is 29.1 Å². The van der Waals surface area contributed by atoms with Crippen molar-refractivity contribution < 1.29 is 55.0 Å². The Hall–Kier alpha value is -4.21. The van der Waals surface area contributed by atoms with Gasteiger partial charge in [0.2, 0.25) is 27.7 Å². The van der Waals surface area contributed by atoms with Crippen LogP contribution in [0.5, 0.6) is 11.6 Å². The number of benzene rings is 1. The van der Waals surface area contributed by atoms with E-state index in [4.69, 9.17) is 14.2 Å². The summed E-state index contributed by atoms with van der Waals surface area (Å²) in [6.45, 7) is 8.59. The number of carbonyl (C=O) groups is 4. The summed E-state index contributed by atoms with van der Waals surface area (Å²) in [4.78, 5) is 62.8. The Kier molecular flexibility index (Phi) is 12.8. The van der Waals surface area contributed by atoms with Crippen molar-refractivity contribution in [3.63, 3.8) is 0 Å². The first-order chi connectivity index (χ1) is 27.7. The SMILES string of the molecule is CCOc1cc2ccnc(O[C@@H]3C[C@H]4C(=O)C[C@]5(C(=O)NS(=O)(=O)C6CC6)C[C@H]5/C=C\CC[C@@H](C)C[C@@H](CC)[C@H](CC(=O)OC(C)(C)C(C)(F)F)C(=O)N4C3)c2cc1F. The molecule has 2 aliphatic carbocycles. The predicted molar refractivity (Wildman–Crippen MR) is 212 cm³/mol. The van der Waals surface area contributed by atoms with Crippen LogP contribution in [-0.2, 0) is 33.9 Å². The van der Waals surface area contributed by atoms with Gasteiger partial charge in [0.25, 0.3) is 5.92 Å². The smallest absolute Gasteiger partial charge is 0.307 e. The van der Waals surface area contributed by atoms with Gasteiger partial charge in [0, 0.05) is 31.3 Å². The van der Waals surface area contributed by atoms with E-state index in [-0.39, 0.29) is 50.0 Å². The number of amides is 2. The molecule has 2 aromatic rings. The number of alkyl halides is 2. The Morgan fingerprint density at radius 2 is 1.81 bits per heavy atom. The quantitative estimate of drug-likeness (QED) is 0.173. The van der Waals surface area contributed by atoms with Crippen LogP contribution < -0.4 is 14.2 Å². The van der Waals surface area contributed by atoms with E-state index in [0.717, 1.165) is 13.8 Å². The lowest BCUT2D eigenvalue weighted by Gasteiger charge is -2.35. The molecule has 4 aliphatic rings. The number of halogens is 3. The second kappa shape index (κ2) is 17.0. The molecule has 1 N–H and O–H groups in total. The lowest BCUT2D eigenvalue weighted by Crippen LogP contribution is -2.48. The number of sulfonamides is 1. The van der Waals surface area contributed by atoms with E-state index in [1.807, 2.05) is 26.0 Å². The topological polar surface area (TPSA) is 158 Å². The maximum Gasteiger partial charge on any atom is 0.307 e. The molecule has 0 spiro atoms. The van der Waals surface area contributed by atoms with Gasteiger partial charge in [0.1, 0.15) is 6.10 Å². The van der Waals surface area contributed by atoms with Gasteiger partial charge in [-0.2, -0.15) is 0 Å². The Bertz CT molecular complexity index is 2090. The summed E-state index contributed by atoms with van der Waals surface area (Å²) in [5, 5.41) is 0.231. The number of nitrogens with one attached hydrogen (secondary N) is 1. The fourth-order valence-corrected chi connectivity index (χ4v) is 9.89. The van der Waals surface area contributed by atoms with Gasteiger partial charge in [-0.3, -0.25) is 23.9 Å². The maximum atomic E-state index is 15.1. The van der Waals surface area contributed by atoms with Crippen LogP contribution in [0.2, 0.25) is 0 Å². The highest BCUT2D eigenvalue weighted by Crippen LogP contribution is 2.57. The van der Waals surface area contributed by atoms with Crippen LogP contribution >= 0.6 is 0 Å². The number of carbonyl (C=O) groups excluding carboxylic acids is 4. The molecule has 12 nitrogen and oxygen atoms in total. The average molecular weight is 848 g/mol. The van der Waals surface area contributed by atoms with E-state index in [9.17, 15) is 31.6 Å². The minimum Gasteiger partial charge on any atom is -0.491 e. The zero-order valence-corrected chi connectivity index (χ0v) is 35.4. The van der Waals surface area contributed by atoms with Gasteiger partial charge in [-0.1, -0.05) is 32.4 Å². The Morgan fingerprint density at radius 3 is 2.47 bits per heavy atom. The van der Waals surface area contributed by atoms with Crippen molar-refractivity contribution in [2.75, 3.05) is 13.2 Å². The molecule has 16 heteroatoms. The van der Waals surface area contributed by atoms with E-state index in [0.29, 0.717) is 56.2 Å². The number of esters is 1. The third kappa shape index (κ3) is 9.73. The number of aromatic nitrogens is 1. The highest BCUT2D eigenvalue weighted by Gasteiger charge is 2.62. The molecule has 0 unspecified atom stereocenters. The second-order valence-corrected chi connectivity index (χ2v) is 19.5. The number of pyridine rings is 1. The molecule has 59 heavy (non-hydrogen) atoms. The Labute approximate surface area is 344 Å². The molecule has 1 aromatic heterocycles. The van der Waals surface area contributed by atoms with Crippen LogP contribution in [0.1, 0.15) is 106 Å². The lowest BCUT2D eigenvalue weighted by atomic mass is 9.79. The molecular weight excluding hydrogens is 792 g/mol. The Morgan fingerprint density at radius 1 is 1.08 bits per heavy atom. The van der Waals surface area contributed by atoms with Crippen LogP contribution in [0, 0.1) is 34.9 Å². The molecule has 2 aliphatic heterocycles. The molecule has 3 fully saturated rings. The van der Waals surface area contributed by atoms with Gasteiger partial charge in [-0.25, -0.2) is 26.6 Å². The summed E-state index contributed by atoms with van der Waals surface area (Å²) in [5.41, 5.74) is -3.54. The first-order valence-electron chi connectivity index (χ1n) is 20.7. The monoisotopic (exact) mass is 847 g/mol. The van der Waals surface area contributed by atoms with Gasteiger partial charge >= 0.3 is 5.97 Å². The second-order valence-electron chi connectivity index (χ2n) is 17.5. The predicted octanol–water partition coefficient (Wildman–Crippen LogP) is 7.08. The number of hydrogen-bond acceptors (Lipinski definition) is 10. The van der Waals surface area contributed by atoms with Crippen molar-refractivity contribution in [1.82, 2.24) is 14.6 Å². The molecular formula is C43H56F3N3O9S. The molecule has 6 rings (SSSR count). The van der Waals surface area contributed by atoms with E-state index in [1.165, 1.54) is 23.2 Å². The average Bonchev–Trinajstić information content (AvgIpc) is 4.08. The highest BCUT2D eigenvalue weighted by atomic mass is 32.2. The number of Topliss-reactive ketones (excluding diaryl/α,β-unsaturated/α-hetero) is 1. The molecule has 324 valence electrons. The van der Waals surface area contributed by atoms with E-state index in [2.05, 4.69) is 9.71 Å². The summed E-state index contributed by atoms with van der Waals surface area (Å²) in [6, 6.07) is 3.25. The summed E-state index contributed by atoms with van der Waals surface area (Å²) < 4.78 is 89.3. The fourth-order valence-electron chi connectivity index (χ4n) is 8.50. The minimum atomic E-state index is -3.94. The van der Waals surface area contributed by atoms with E-state index in [1.54, 1.807) is 13.0 Å². The highest BCUT2D eigenvalue weighted by molar-refractivity contribution is 7.90. The standard InChI is InChI=1S/C43H56F3N3O9S/c1-7-26-17-25(3)11-9-10-12-28-22-43(28,40(53)48-59(54,55)30-13-14-30)23-35(50)34-19-29(57-38-31-20-33(44)36(56-8-2)18-27(31)15-16-47-38)24-49(34)39(52)32(26)21-37(51)58-41(4,5)42(6,45)46/h10,12,15-16,18,20,25-26,28-30,32,34H,7-9,11,13-14,17,19,21-24H2,1-6H3,(H,48,53)/b12-10-/t25-,26-,28-,29-,32+,34+,43-/m1/s1. The third-order valence-electron chi connectivity index (χ3n) is 12.7. The van der Waals surface area contributed by atoms with Crippen molar-refractivity contribution in [3.8, 4) is 11.6 Å². The zero-order valence-electron chi connectivity index (χ0n) is 34.6. The van der Waals surface area contributed by atoms with Crippen LogP contribution in [0.4, 0.5) is 13.2 Å². The van der Waals surface area contributed by atoms with Crippen molar-refractivity contribution in [2.45, 2.75) is 135 Å². The number of ether oxygens (including phenoxy) is 3. The number of allylic oxidation sites excluding steroid dienone is 2. The van der Waals surface area contributed by atoms with Crippen molar-refractivity contribution in [3.05, 3.63) is 42.4 Å². The van der Waals surface area contributed by atoms with Gasteiger partial charge in [-0.15, -0.1) is 0 Å². The molecule has 1 saturated heterocycles. The summed E-state index contributed by atoms with van der Waals surface area (Å²) in [5.74, 6) is -8.57. The largest absolute Gasteiger partial charge is 0.491 e. The summed E-state index contributed by atoms with van der Waals surface area (Å²) >= 11 is 0. The third-order valence-corrected chi connectivity index (χ3v) is 14.5. The first-order valence-corrected chi connectivity index (χ1v) is 22.3. The molecule has 2 saturated carbocycles. The van der Waals surface area contributed by atoms with E-state index < -0.39 is 97.9 Å². The van der Waals surface area contributed by atoms with Crippen LogP contribution in [0.25, 0.3) is 10.8 Å². The van der Waals surface area contributed by atoms with Gasteiger partial charge in [-0.05, 0) is 101 Å². The number of nitrogens with zero attached hydrogens (tertiary/aromatic N) is 2. The zero-order chi connectivity index (χ0) is 43.1. The van der Waals surface area contributed by atoms with E-state index >= 15 is 9.18 Å². The molecule has 1 aromatic carbocycles. The van der Waals surface area contributed by atoms with Crippen LogP contribution in [0.15, 0.2) is 36.5 Å². The molecule has 2 amide bonds. The minimum absolute atomic E-state index is 0.0478. The maximum absolute atomic E-state index is 15.1. The molecule has 0 bridgehead atoms. The summed E-state index contributed by atoms with van der Waals surface area (Å²) in [6.07, 6.45) is 6.87. The fraction of sp³-hybridized carbons (Fsp3) is 0.651. The molecule has 0 radical (unpaired) electrons. The van der Waals surface area contributed by atoms with Crippen LogP contribution in [-0.4, -0.2) is 83.9 Å².